The molecule has 0 aliphatic rings. The molecule has 0 atom stereocenters. The summed E-state index contributed by atoms with van der Waals surface area (Å²) in [5.74, 6) is 0. The molecule has 4 heteroatoms. The van der Waals surface area contributed by atoms with E-state index in [0.717, 1.165) is 21.6 Å². The zero-order valence-electron chi connectivity index (χ0n) is 13.3. The Morgan fingerprint density at radius 2 is 1.59 bits per heavy atom. The second-order valence-corrected chi connectivity index (χ2v) is 6.15. The lowest BCUT2D eigenvalue weighted by atomic mass is 10.1. The van der Waals surface area contributed by atoms with Gasteiger partial charge in [0.05, 0.1) is 0 Å². The molecule has 0 aliphatic heterocycles. The third-order valence-electron chi connectivity index (χ3n) is 3.90. The molecule has 1 aromatic heterocycles. The third kappa shape index (κ3) is 2.40. The normalized spacial score (nSPS) is 10.9. The Balaban J connectivity index is 2.26. The van der Waals surface area contributed by atoms with Crippen molar-refractivity contribution in [1.29, 1.82) is 0 Å². The van der Waals surface area contributed by atoms with Gasteiger partial charge in [-0.1, -0.05) is 53.2 Å². The van der Waals surface area contributed by atoms with E-state index in [0.29, 0.717) is 0 Å². The van der Waals surface area contributed by atoms with Crippen LogP contribution >= 0.6 is 12.2 Å². The number of hydrogen-bond donors (Lipinski definition) is 1. The highest BCUT2D eigenvalue weighted by Gasteiger charge is 2.21. The summed E-state index contributed by atoms with van der Waals surface area (Å²) in [6, 6.07) is 14.6. The van der Waals surface area contributed by atoms with Gasteiger partial charge in [-0.25, -0.2) is 0 Å². The molecule has 2 aromatic carbocycles. The molecule has 0 aliphatic carbocycles. The minimum absolute atomic E-state index is 0.795. The van der Waals surface area contributed by atoms with Gasteiger partial charge in [0, 0.05) is 5.56 Å². The van der Waals surface area contributed by atoms with Crippen LogP contribution in [0.4, 0.5) is 0 Å². The number of aryl methyl sites for hydroxylation is 4. The molecule has 0 saturated carbocycles. The predicted molar refractivity (Wildman–Crippen MR) is 91.8 cm³/mol. The van der Waals surface area contributed by atoms with Crippen molar-refractivity contribution in [2.75, 3.05) is 0 Å². The second-order valence-electron chi connectivity index (χ2n) is 5.76. The van der Waals surface area contributed by atoms with Crippen molar-refractivity contribution in [2.24, 2.45) is 7.05 Å². The van der Waals surface area contributed by atoms with E-state index in [1.54, 1.807) is 0 Å². The molecule has 3 rings (SSSR count). The maximum absolute atomic E-state index is 5.74. The van der Waals surface area contributed by atoms with Crippen LogP contribution in [0.1, 0.15) is 16.7 Å². The summed E-state index contributed by atoms with van der Waals surface area (Å²) < 4.78 is 4.78. The van der Waals surface area contributed by atoms with Gasteiger partial charge >= 0.3 is 0 Å². The van der Waals surface area contributed by atoms with Crippen molar-refractivity contribution >= 4 is 12.2 Å². The van der Waals surface area contributed by atoms with Crippen molar-refractivity contribution in [2.45, 2.75) is 20.8 Å². The average Bonchev–Trinajstić information content (AvgIpc) is 2.74. The lowest BCUT2D eigenvalue weighted by molar-refractivity contribution is -0.721. The Hall–Kier alpha value is -2.20. The van der Waals surface area contributed by atoms with Gasteiger partial charge in [-0.15, -0.1) is 4.68 Å². The summed E-state index contributed by atoms with van der Waals surface area (Å²) in [6.45, 7) is 6.37. The highest BCUT2D eigenvalue weighted by molar-refractivity contribution is 7.71. The lowest BCUT2D eigenvalue weighted by Gasteiger charge is -2.06. The summed E-state index contributed by atoms with van der Waals surface area (Å²) in [5, 5.41) is 3.36. The minimum atomic E-state index is 0.795. The second kappa shape index (κ2) is 5.54. The maximum atomic E-state index is 5.74. The van der Waals surface area contributed by atoms with E-state index in [-0.39, 0.29) is 0 Å². The molecular formula is C18H20N3S+. The van der Waals surface area contributed by atoms with Gasteiger partial charge in [-0.3, -0.25) is 0 Å². The van der Waals surface area contributed by atoms with Crippen molar-refractivity contribution < 1.29 is 4.68 Å². The Labute approximate surface area is 135 Å². The van der Waals surface area contributed by atoms with Crippen molar-refractivity contribution in [1.82, 2.24) is 9.90 Å². The molecule has 1 N–H and O–H groups in total. The molecule has 0 fully saturated rings. The highest BCUT2D eigenvalue weighted by Crippen LogP contribution is 2.23. The first-order valence-electron chi connectivity index (χ1n) is 7.33. The Morgan fingerprint density at radius 1 is 1.00 bits per heavy atom. The number of benzene rings is 2. The molecule has 3 nitrogen and oxygen atoms in total. The van der Waals surface area contributed by atoms with E-state index in [1.165, 1.54) is 16.7 Å². The number of H-pyrrole nitrogens is 1. The molecule has 0 spiro atoms. The van der Waals surface area contributed by atoms with Crippen LogP contribution in [0.15, 0.2) is 42.5 Å². The fourth-order valence-electron chi connectivity index (χ4n) is 3.08. The van der Waals surface area contributed by atoms with Gasteiger partial charge < -0.3 is 0 Å². The molecule has 3 aromatic rings. The number of nitrogens with one attached hydrogen (secondary N) is 1. The molecule has 1 heterocycles. The zero-order valence-corrected chi connectivity index (χ0v) is 14.2. The van der Waals surface area contributed by atoms with Crippen LogP contribution in [0, 0.1) is 25.4 Å². The monoisotopic (exact) mass is 310 g/mol. The largest absolute Gasteiger partial charge is 0.266 e. The van der Waals surface area contributed by atoms with Crippen molar-refractivity contribution in [3.8, 4) is 16.9 Å². The van der Waals surface area contributed by atoms with Crippen LogP contribution in [0.5, 0.6) is 0 Å². The molecule has 0 amide bonds. The number of aromatic nitrogens is 3. The molecule has 112 valence electrons. The number of aromatic amines is 1. The number of hydrogen-bond acceptors (Lipinski definition) is 1. The van der Waals surface area contributed by atoms with Crippen LogP contribution in [0.3, 0.4) is 0 Å². The fourth-order valence-corrected chi connectivity index (χ4v) is 3.47. The third-order valence-corrected chi connectivity index (χ3v) is 4.27. The van der Waals surface area contributed by atoms with Gasteiger partial charge in [0.1, 0.15) is 7.05 Å². The van der Waals surface area contributed by atoms with Gasteiger partial charge in [0.25, 0.3) is 4.64 Å². The summed E-state index contributed by atoms with van der Waals surface area (Å²) >= 11 is 5.74. The van der Waals surface area contributed by atoms with Crippen LogP contribution in [-0.2, 0) is 7.05 Å². The van der Waals surface area contributed by atoms with Gasteiger partial charge in [-0.2, -0.15) is 4.68 Å². The predicted octanol–water partition coefficient (Wildman–Crippen LogP) is 3.95. The molecular weight excluding hydrogens is 290 g/mol. The summed E-state index contributed by atoms with van der Waals surface area (Å²) in [7, 11) is 1.99. The lowest BCUT2D eigenvalue weighted by Crippen LogP contribution is -2.33. The zero-order chi connectivity index (χ0) is 15.9. The molecule has 22 heavy (non-hydrogen) atoms. The topological polar surface area (TPSA) is 24.6 Å². The standard InChI is InChI=1S/C18H19N3S/c1-12-10-13(2)16(14(3)11-12)21-18(22)17(20(4)19-21)15-8-6-5-7-9-15/h5-11H,1-4H3/p+1. The van der Waals surface area contributed by atoms with Gasteiger partial charge in [0.2, 0.25) is 5.69 Å². The first kappa shape index (κ1) is 14.7. The minimum Gasteiger partial charge on any atom is -0.160 e. The molecule has 0 radical (unpaired) electrons. The van der Waals surface area contributed by atoms with E-state index in [1.807, 2.05) is 34.6 Å². The van der Waals surface area contributed by atoms with E-state index in [9.17, 15) is 0 Å². The SMILES string of the molecule is Cc1cc(C)c(-n2[nH][n+](C)c(-c3ccccc3)c2=S)c(C)c1. The highest BCUT2D eigenvalue weighted by atomic mass is 32.1. The van der Waals surface area contributed by atoms with Gasteiger partial charge in [-0.05, 0) is 44.1 Å². The maximum Gasteiger partial charge on any atom is 0.266 e. The Bertz CT molecular complexity index is 865. The van der Waals surface area contributed by atoms with E-state index in [4.69, 9.17) is 12.2 Å². The summed E-state index contributed by atoms with van der Waals surface area (Å²) in [6.07, 6.45) is 0. The summed E-state index contributed by atoms with van der Waals surface area (Å²) in [5.41, 5.74) is 6.98. The average molecular weight is 310 g/mol. The smallest absolute Gasteiger partial charge is 0.160 e. The first-order valence-corrected chi connectivity index (χ1v) is 7.74. The van der Waals surface area contributed by atoms with Gasteiger partial charge in [0.15, 0.2) is 5.69 Å². The molecule has 0 unspecified atom stereocenters. The summed E-state index contributed by atoms with van der Waals surface area (Å²) in [4.78, 5) is 0. The fraction of sp³-hybridized carbons (Fsp3) is 0.222. The van der Waals surface area contributed by atoms with Crippen LogP contribution in [0.2, 0.25) is 0 Å². The number of nitrogens with zero attached hydrogens (tertiary/aromatic N) is 2. The first-order chi connectivity index (χ1) is 10.5. The van der Waals surface area contributed by atoms with Crippen LogP contribution in [0.25, 0.3) is 16.9 Å². The van der Waals surface area contributed by atoms with E-state index >= 15 is 0 Å². The Morgan fingerprint density at radius 3 is 2.18 bits per heavy atom. The quantitative estimate of drug-likeness (QED) is 0.562. The van der Waals surface area contributed by atoms with Crippen molar-refractivity contribution in [3.63, 3.8) is 0 Å². The van der Waals surface area contributed by atoms with Crippen LogP contribution < -0.4 is 4.68 Å². The van der Waals surface area contributed by atoms with Crippen molar-refractivity contribution in [3.05, 3.63) is 63.8 Å². The van der Waals surface area contributed by atoms with E-state index in [2.05, 4.69) is 50.3 Å². The van der Waals surface area contributed by atoms with Crippen LogP contribution in [-0.4, -0.2) is 9.90 Å². The molecule has 0 bridgehead atoms. The number of rotatable bonds is 2. The molecule has 0 saturated heterocycles. The van der Waals surface area contributed by atoms with E-state index < -0.39 is 0 Å². The Kier molecular flexibility index (Phi) is 3.71.